The predicted octanol–water partition coefficient (Wildman–Crippen LogP) is 3.24. The second-order valence-electron chi connectivity index (χ2n) is 5.13. The van der Waals surface area contributed by atoms with Gasteiger partial charge in [-0.1, -0.05) is 31.0 Å². The van der Waals surface area contributed by atoms with Crippen molar-refractivity contribution in [2.24, 2.45) is 11.7 Å². The van der Waals surface area contributed by atoms with Crippen molar-refractivity contribution in [2.45, 2.75) is 36.0 Å². The number of aromatic nitrogens is 2. The summed E-state index contributed by atoms with van der Waals surface area (Å²) in [6.45, 7) is 0.792. The minimum atomic E-state index is 0.608. The van der Waals surface area contributed by atoms with Gasteiger partial charge in [-0.15, -0.1) is 11.8 Å². The standard InChI is InChI=1S/C15H19N3S/c16-9-11-5-1-4-8-14(11)19-15-12-6-2-3-7-13(12)17-10-18-15/h2-3,6-7,10-11,14H,1,4-5,8-9,16H2. The lowest BCUT2D eigenvalue weighted by Gasteiger charge is -2.29. The Morgan fingerprint density at radius 1 is 1.16 bits per heavy atom. The SMILES string of the molecule is NCC1CCCCC1Sc1ncnc2ccccc12. The average Bonchev–Trinajstić information content (AvgIpc) is 2.48. The Kier molecular flexibility index (Phi) is 3.99. The van der Waals surface area contributed by atoms with Crippen LogP contribution in [0.2, 0.25) is 0 Å². The Morgan fingerprint density at radius 3 is 2.89 bits per heavy atom. The van der Waals surface area contributed by atoms with Gasteiger partial charge in [-0.3, -0.25) is 0 Å². The molecule has 2 aromatic rings. The highest BCUT2D eigenvalue weighted by Gasteiger charge is 2.25. The van der Waals surface area contributed by atoms with Crippen LogP contribution in [-0.4, -0.2) is 21.8 Å². The van der Waals surface area contributed by atoms with Crippen LogP contribution in [0.25, 0.3) is 10.9 Å². The molecule has 1 aliphatic rings. The normalized spacial score (nSPS) is 23.6. The molecule has 3 nitrogen and oxygen atoms in total. The van der Waals surface area contributed by atoms with Crippen LogP contribution in [0, 0.1) is 5.92 Å². The van der Waals surface area contributed by atoms with Gasteiger partial charge in [0.2, 0.25) is 0 Å². The van der Waals surface area contributed by atoms with Crippen LogP contribution >= 0.6 is 11.8 Å². The molecule has 1 fully saturated rings. The van der Waals surface area contributed by atoms with E-state index >= 15 is 0 Å². The predicted molar refractivity (Wildman–Crippen MR) is 80.2 cm³/mol. The Morgan fingerprint density at radius 2 is 2.00 bits per heavy atom. The van der Waals surface area contributed by atoms with E-state index in [2.05, 4.69) is 22.1 Å². The molecular formula is C15H19N3S. The summed E-state index contributed by atoms with van der Waals surface area (Å²) < 4.78 is 0. The summed E-state index contributed by atoms with van der Waals surface area (Å²) in [7, 11) is 0. The molecule has 100 valence electrons. The molecule has 2 unspecified atom stereocenters. The van der Waals surface area contributed by atoms with E-state index in [1.54, 1.807) is 6.33 Å². The van der Waals surface area contributed by atoms with Gasteiger partial charge in [-0.05, 0) is 31.4 Å². The van der Waals surface area contributed by atoms with Crippen LogP contribution in [0.15, 0.2) is 35.6 Å². The zero-order valence-corrected chi connectivity index (χ0v) is 11.8. The van der Waals surface area contributed by atoms with Crippen molar-refractivity contribution in [3.8, 4) is 0 Å². The molecule has 1 aromatic carbocycles. The van der Waals surface area contributed by atoms with Gasteiger partial charge in [-0.25, -0.2) is 9.97 Å². The molecule has 4 heteroatoms. The van der Waals surface area contributed by atoms with Crippen LogP contribution in [0.3, 0.4) is 0 Å². The van der Waals surface area contributed by atoms with Crippen LogP contribution in [0.4, 0.5) is 0 Å². The number of benzene rings is 1. The molecule has 1 aliphatic carbocycles. The quantitative estimate of drug-likeness (QED) is 0.872. The van der Waals surface area contributed by atoms with E-state index in [9.17, 15) is 0 Å². The zero-order chi connectivity index (χ0) is 13.1. The summed E-state index contributed by atoms with van der Waals surface area (Å²) >= 11 is 1.90. The van der Waals surface area contributed by atoms with Crippen molar-refractivity contribution in [1.82, 2.24) is 9.97 Å². The molecule has 0 amide bonds. The molecule has 1 heterocycles. The third kappa shape index (κ3) is 2.74. The second-order valence-corrected chi connectivity index (χ2v) is 6.36. The molecule has 2 N–H and O–H groups in total. The molecule has 2 atom stereocenters. The van der Waals surface area contributed by atoms with E-state index in [4.69, 9.17) is 5.73 Å². The van der Waals surface area contributed by atoms with E-state index in [0.29, 0.717) is 11.2 Å². The fourth-order valence-corrected chi connectivity index (χ4v) is 4.23. The highest BCUT2D eigenvalue weighted by molar-refractivity contribution is 8.00. The summed E-state index contributed by atoms with van der Waals surface area (Å²) in [5.41, 5.74) is 6.94. The van der Waals surface area contributed by atoms with Crippen molar-refractivity contribution in [3.63, 3.8) is 0 Å². The van der Waals surface area contributed by atoms with Gasteiger partial charge in [0.1, 0.15) is 11.4 Å². The molecule has 0 aliphatic heterocycles. The van der Waals surface area contributed by atoms with E-state index in [1.165, 1.54) is 25.7 Å². The highest BCUT2D eigenvalue weighted by Crippen LogP contribution is 2.38. The van der Waals surface area contributed by atoms with Gasteiger partial charge in [0.15, 0.2) is 0 Å². The number of fused-ring (bicyclic) bond motifs is 1. The van der Waals surface area contributed by atoms with E-state index in [1.807, 2.05) is 23.9 Å². The maximum atomic E-state index is 5.91. The molecule has 0 saturated heterocycles. The van der Waals surface area contributed by atoms with Crippen LogP contribution in [0.5, 0.6) is 0 Å². The summed E-state index contributed by atoms with van der Waals surface area (Å²) in [6, 6.07) is 8.23. The summed E-state index contributed by atoms with van der Waals surface area (Å²) in [4.78, 5) is 8.81. The molecular weight excluding hydrogens is 254 g/mol. The molecule has 1 aromatic heterocycles. The maximum Gasteiger partial charge on any atom is 0.117 e. The lowest BCUT2D eigenvalue weighted by molar-refractivity contribution is 0.378. The third-order valence-corrected chi connectivity index (χ3v) is 5.38. The van der Waals surface area contributed by atoms with Crippen LogP contribution in [0.1, 0.15) is 25.7 Å². The Labute approximate surface area is 118 Å². The topological polar surface area (TPSA) is 51.8 Å². The molecule has 19 heavy (non-hydrogen) atoms. The second kappa shape index (κ2) is 5.88. The number of nitrogens with zero attached hydrogens (tertiary/aromatic N) is 2. The fourth-order valence-electron chi connectivity index (χ4n) is 2.82. The number of hydrogen-bond acceptors (Lipinski definition) is 4. The smallest absolute Gasteiger partial charge is 0.117 e. The van der Waals surface area contributed by atoms with Gasteiger partial charge in [0, 0.05) is 10.6 Å². The first kappa shape index (κ1) is 12.9. The Balaban J connectivity index is 1.88. The Bertz CT molecular complexity index is 553. The number of para-hydroxylation sites is 1. The molecule has 0 spiro atoms. The van der Waals surface area contributed by atoms with Gasteiger partial charge < -0.3 is 5.73 Å². The van der Waals surface area contributed by atoms with Gasteiger partial charge >= 0.3 is 0 Å². The number of rotatable bonds is 3. The van der Waals surface area contributed by atoms with Gasteiger partial charge in [0.25, 0.3) is 0 Å². The molecule has 1 saturated carbocycles. The third-order valence-electron chi connectivity index (χ3n) is 3.91. The molecule has 0 radical (unpaired) electrons. The average molecular weight is 273 g/mol. The lowest BCUT2D eigenvalue weighted by atomic mass is 9.89. The van der Waals surface area contributed by atoms with Gasteiger partial charge in [-0.2, -0.15) is 0 Å². The number of nitrogens with two attached hydrogens (primary N) is 1. The lowest BCUT2D eigenvalue weighted by Crippen LogP contribution is -2.28. The van der Waals surface area contributed by atoms with Crippen LogP contribution < -0.4 is 5.73 Å². The first-order chi connectivity index (χ1) is 9.38. The minimum absolute atomic E-state index is 0.608. The first-order valence-electron chi connectivity index (χ1n) is 6.95. The number of hydrogen-bond donors (Lipinski definition) is 1. The number of thioether (sulfide) groups is 1. The summed E-state index contributed by atoms with van der Waals surface area (Å²) in [5.74, 6) is 0.632. The summed E-state index contributed by atoms with van der Waals surface area (Å²) in [5, 5.41) is 2.88. The molecule has 3 rings (SSSR count). The summed E-state index contributed by atoms with van der Waals surface area (Å²) in [6.07, 6.45) is 6.83. The van der Waals surface area contributed by atoms with E-state index in [0.717, 1.165) is 22.5 Å². The zero-order valence-electron chi connectivity index (χ0n) is 11.0. The van der Waals surface area contributed by atoms with E-state index < -0.39 is 0 Å². The monoisotopic (exact) mass is 273 g/mol. The highest BCUT2D eigenvalue weighted by atomic mass is 32.2. The maximum absolute atomic E-state index is 5.91. The van der Waals surface area contributed by atoms with Gasteiger partial charge in [0.05, 0.1) is 5.52 Å². The minimum Gasteiger partial charge on any atom is -0.330 e. The van der Waals surface area contributed by atoms with Crippen molar-refractivity contribution >= 4 is 22.7 Å². The van der Waals surface area contributed by atoms with Crippen molar-refractivity contribution in [2.75, 3.05) is 6.54 Å². The van der Waals surface area contributed by atoms with Crippen molar-refractivity contribution < 1.29 is 0 Å². The van der Waals surface area contributed by atoms with Crippen LogP contribution in [-0.2, 0) is 0 Å². The fraction of sp³-hybridized carbons (Fsp3) is 0.467. The molecule has 0 bridgehead atoms. The van der Waals surface area contributed by atoms with Crippen molar-refractivity contribution in [3.05, 3.63) is 30.6 Å². The first-order valence-corrected chi connectivity index (χ1v) is 7.83. The van der Waals surface area contributed by atoms with E-state index in [-0.39, 0.29) is 0 Å². The largest absolute Gasteiger partial charge is 0.330 e. The van der Waals surface area contributed by atoms with Crippen molar-refractivity contribution in [1.29, 1.82) is 0 Å². The Hall–Kier alpha value is -1.13.